The molecule has 2 aliphatic heterocycles. The Kier molecular flexibility index (Phi) is 3.37. The SMILES string of the molecule is CN(C(=O)Cc1cn2ccccc2n1)C1CC2CCC(C1)N2. The Balaban J connectivity index is 1.44. The molecular weight excluding hydrogens is 276 g/mol. The van der Waals surface area contributed by atoms with E-state index in [2.05, 4.69) is 10.3 Å². The minimum absolute atomic E-state index is 0.176. The van der Waals surface area contributed by atoms with Crippen molar-refractivity contribution in [2.45, 2.75) is 50.2 Å². The number of pyridine rings is 1. The van der Waals surface area contributed by atoms with E-state index in [1.807, 2.05) is 46.9 Å². The maximum Gasteiger partial charge on any atom is 0.228 e. The Bertz CT molecular complexity index is 650. The molecule has 2 saturated heterocycles. The summed E-state index contributed by atoms with van der Waals surface area (Å²) in [7, 11) is 1.95. The Morgan fingerprint density at radius 1 is 1.36 bits per heavy atom. The number of hydrogen-bond donors (Lipinski definition) is 1. The summed E-state index contributed by atoms with van der Waals surface area (Å²) in [5.41, 5.74) is 1.74. The van der Waals surface area contributed by atoms with Crippen molar-refractivity contribution in [2.75, 3.05) is 7.05 Å². The van der Waals surface area contributed by atoms with Crippen molar-refractivity contribution in [2.24, 2.45) is 0 Å². The lowest BCUT2D eigenvalue weighted by atomic mass is 9.98. The minimum Gasteiger partial charge on any atom is -0.342 e. The average Bonchev–Trinajstić information content (AvgIpc) is 3.08. The van der Waals surface area contributed by atoms with Crippen molar-refractivity contribution in [1.82, 2.24) is 19.6 Å². The van der Waals surface area contributed by atoms with Gasteiger partial charge in [-0.25, -0.2) is 4.98 Å². The van der Waals surface area contributed by atoms with Gasteiger partial charge in [0.2, 0.25) is 5.91 Å². The zero-order valence-corrected chi connectivity index (χ0v) is 12.9. The van der Waals surface area contributed by atoms with E-state index in [1.165, 1.54) is 12.8 Å². The quantitative estimate of drug-likeness (QED) is 0.937. The molecular formula is C17H22N4O. The number of amides is 1. The van der Waals surface area contributed by atoms with Gasteiger partial charge in [0.25, 0.3) is 0 Å². The molecule has 0 spiro atoms. The molecule has 2 aliphatic rings. The highest BCUT2D eigenvalue weighted by Crippen LogP contribution is 2.29. The van der Waals surface area contributed by atoms with Crippen LogP contribution in [0.15, 0.2) is 30.6 Å². The van der Waals surface area contributed by atoms with Gasteiger partial charge in [0.15, 0.2) is 0 Å². The number of carbonyl (C=O) groups is 1. The van der Waals surface area contributed by atoms with Gasteiger partial charge in [0.1, 0.15) is 5.65 Å². The van der Waals surface area contributed by atoms with Gasteiger partial charge in [-0.15, -0.1) is 0 Å². The van der Waals surface area contributed by atoms with E-state index >= 15 is 0 Å². The van der Waals surface area contributed by atoms with Crippen LogP contribution in [0.25, 0.3) is 5.65 Å². The number of hydrogen-bond acceptors (Lipinski definition) is 3. The predicted molar refractivity (Wildman–Crippen MR) is 84.6 cm³/mol. The molecule has 0 aliphatic carbocycles. The smallest absolute Gasteiger partial charge is 0.228 e. The third kappa shape index (κ3) is 2.50. The van der Waals surface area contributed by atoms with E-state index in [0.29, 0.717) is 24.5 Å². The van der Waals surface area contributed by atoms with Crippen LogP contribution in [0, 0.1) is 0 Å². The third-order valence-electron chi connectivity index (χ3n) is 5.14. The van der Waals surface area contributed by atoms with Gasteiger partial charge < -0.3 is 14.6 Å². The average molecular weight is 298 g/mol. The highest BCUT2D eigenvalue weighted by molar-refractivity contribution is 5.78. The second kappa shape index (κ2) is 5.39. The van der Waals surface area contributed by atoms with Crippen LogP contribution in [0.5, 0.6) is 0 Å². The van der Waals surface area contributed by atoms with Crippen LogP contribution in [0.1, 0.15) is 31.4 Å². The fraction of sp³-hybridized carbons (Fsp3) is 0.529. The van der Waals surface area contributed by atoms with E-state index < -0.39 is 0 Å². The van der Waals surface area contributed by atoms with Crippen LogP contribution in [0.2, 0.25) is 0 Å². The van der Waals surface area contributed by atoms with Crippen molar-refractivity contribution in [3.05, 3.63) is 36.3 Å². The van der Waals surface area contributed by atoms with E-state index in [-0.39, 0.29) is 5.91 Å². The summed E-state index contributed by atoms with van der Waals surface area (Å²) >= 11 is 0. The largest absolute Gasteiger partial charge is 0.342 e. The van der Waals surface area contributed by atoms with Crippen LogP contribution >= 0.6 is 0 Å². The molecule has 1 N–H and O–H groups in total. The summed E-state index contributed by atoms with van der Waals surface area (Å²) in [5.74, 6) is 0.176. The molecule has 4 rings (SSSR count). The number of aromatic nitrogens is 2. The van der Waals surface area contributed by atoms with Gasteiger partial charge in [0, 0.05) is 37.6 Å². The van der Waals surface area contributed by atoms with Crippen LogP contribution in [-0.2, 0) is 11.2 Å². The number of likely N-dealkylation sites (N-methyl/N-ethyl adjacent to an activating group) is 1. The molecule has 2 atom stereocenters. The number of rotatable bonds is 3. The molecule has 2 aromatic heterocycles. The van der Waals surface area contributed by atoms with Gasteiger partial charge in [-0.3, -0.25) is 4.79 Å². The van der Waals surface area contributed by atoms with Crippen molar-refractivity contribution in [3.8, 4) is 0 Å². The molecule has 22 heavy (non-hydrogen) atoms. The Hall–Kier alpha value is -1.88. The minimum atomic E-state index is 0.176. The summed E-state index contributed by atoms with van der Waals surface area (Å²) in [6.45, 7) is 0. The predicted octanol–water partition coefficient (Wildman–Crippen LogP) is 1.62. The van der Waals surface area contributed by atoms with Gasteiger partial charge >= 0.3 is 0 Å². The zero-order valence-electron chi connectivity index (χ0n) is 12.9. The van der Waals surface area contributed by atoms with Crippen LogP contribution < -0.4 is 5.32 Å². The molecule has 0 aromatic carbocycles. The molecule has 2 bridgehead atoms. The second-order valence-corrected chi connectivity index (χ2v) is 6.64. The summed E-state index contributed by atoms with van der Waals surface area (Å²) in [6, 6.07) is 7.48. The number of imidazole rings is 1. The standard InChI is InChI=1S/C17H22N4O/c1-20(15-8-12-5-6-13(9-15)18-12)17(22)10-14-11-21-7-3-2-4-16(21)19-14/h2-4,7,11-13,15,18H,5-6,8-10H2,1H3. The van der Waals surface area contributed by atoms with E-state index in [9.17, 15) is 4.79 Å². The number of carbonyl (C=O) groups excluding carboxylic acids is 1. The van der Waals surface area contributed by atoms with Crippen molar-refractivity contribution < 1.29 is 4.79 Å². The fourth-order valence-corrected chi connectivity index (χ4v) is 3.90. The van der Waals surface area contributed by atoms with E-state index in [0.717, 1.165) is 24.2 Å². The van der Waals surface area contributed by atoms with Gasteiger partial charge in [0.05, 0.1) is 12.1 Å². The van der Waals surface area contributed by atoms with Gasteiger partial charge in [-0.1, -0.05) is 6.07 Å². The van der Waals surface area contributed by atoms with E-state index in [4.69, 9.17) is 0 Å². The van der Waals surface area contributed by atoms with Gasteiger partial charge in [-0.2, -0.15) is 0 Å². The lowest BCUT2D eigenvalue weighted by molar-refractivity contribution is -0.132. The number of fused-ring (bicyclic) bond motifs is 3. The summed E-state index contributed by atoms with van der Waals surface area (Å²) < 4.78 is 1.97. The van der Waals surface area contributed by atoms with Crippen LogP contribution in [0.3, 0.4) is 0 Å². The summed E-state index contributed by atoms with van der Waals surface area (Å²) in [5, 5.41) is 3.63. The first kappa shape index (κ1) is 13.8. The fourth-order valence-electron chi connectivity index (χ4n) is 3.90. The lowest BCUT2D eigenvalue weighted by Crippen LogP contribution is -2.49. The van der Waals surface area contributed by atoms with Crippen molar-refractivity contribution in [1.29, 1.82) is 0 Å². The molecule has 2 unspecified atom stereocenters. The van der Waals surface area contributed by atoms with Crippen molar-refractivity contribution in [3.63, 3.8) is 0 Å². The highest BCUT2D eigenvalue weighted by Gasteiger charge is 2.36. The molecule has 2 fully saturated rings. The van der Waals surface area contributed by atoms with Crippen LogP contribution in [-0.4, -0.2) is 45.4 Å². The first-order valence-corrected chi connectivity index (χ1v) is 8.13. The molecule has 0 saturated carbocycles. The number of nitrogens with zero attached hydrogens (tertiary/aromatic N) is 3. The van der Waals surface area contributed by atoms with Crippen LogP contribution in [0.4, 0.5) is 0 Å². The Labute approximate surface area is 130 Å². The maximum absolute atomic E-state index is 12.6. The zero-order chi connectivity index (χ0) is 15.1. The topological polar surface area (TPSA) is 49.6 Å². The summed E-state index contributed by atoms with van der Waals surface area (Å²) in [6.07, 6.45) is 8.99. The first-order valence-electron chi connectivity index (χ1n) is 8.13. The maximum atomic E-state index is 12.6. The molecule has 1 amide bonds. The molecule has 116 valence electrons. The van der Waals surface area contributed by atoms with Gasteiger partial charge in [-0.05, 0) is 37.8 Å². The second-order valence-electron chi connectivity index (χ2n) is 6.64. The monoisotopic (exact) mass is 298 g/mol. The van der Waals surface area contributed by atoms with E-state index in [1.54, 1.807) is 0 Å². The highest BCUT2D eigenvalue weighted by atomic mass is 16.2. The molecule has 5 nitrogen and oxygen atoms in total. The first-order chi connectivity index (χ1) is 10.7. The lowest BCUT2D eigenvalue weighted by Gasteiger charge is -2.35. The Morgan fingerprint density at radius 3 is 2.86 bits per heavy atom. The summed E-state index contributed by atoms with van der Waals surface area (Å²) in [4.78, 5) is 19.1. The molecule has 4 heterocycles. The molecule has 5 heteroatoms. The number of piperidine rings is 1. The van der Waals surface area contributed by atoms with Crippen molar-refractivity contribution >= 4 is 11.6 Å². The normalized spacial score (nSPS) is 27.2. The molecule has 2 aromatic rings. The third-order valence-corrected chi connectivity index (χ3v) is 5.14. The number of nitrogens with one attached hydrogen (secondary N) is 1. The molecule has 0 radical (unpaired) electrons. The Morgan fingerprint density at radius 2 is 2.14 bits per heavy atom.